The lowest BCUT2D eigenvalue weighted by Gasteiger charge is -2.20. The van der Waals surface area contributed by atoms with E-state index in [0.717, 1.165) is 37.1 Å². The second-order valence-electron chi connectivity index (χ2n) is 5.98. The molecule has 0 saturated carbocycles. The molecule has 2 N–H and O–H groups in total. The summed E-state index contributed by atoms with van der Waals surface area (Å²) in [4.78, 5) is 11.8. The number of hydrazone groups is 1. The molecular formula is C19H12BrN3OS. The van der Waals surface area contributed by atoms with Crippen LogP contribution >= 0.6 is 27.7 Å². The number of anilines is 1. The standard InChI is InChI=1S/C19H12BrN3OS/c20-12-8-9-16-15(10-12)19(18(24)21-16)23-22-17(25-19)14-7-3-5-11-4-1-2-6-13(11)14/h1-10,23H,(H,21,24)/t19-/m1/s1. The Balaban J connectivity index is 1.61. The number of benzene rings is 3. The van der Waals surface area contributed by atoms with Crippen LogP contribution in [0.5, 0.6) is 0 Å². The van der Waals surface area contributed by atoms with Gasteiger partial charge in [-0.15, -0.1) is 0 Å². The molecule has 0 bridgehead atoms. The van der Waals surface area contributed by atoms with Crippen molar-refractivity contribution in [1.82, 2.24) is 5.43 Å². The number of rotatable bonds is 1. The van der Waals surface area contributed by atoms with Crippen molar-refractivity contribution in [3.05, 3.63) is 76.3 Å². The summed E-state index contributed by atoms with van der Waals surface area (Å²) in [5, 5.41) is 10.6. The van der Waals surface area contributed by atoms with Crippen LogP contribution in [-0.2, 0) is 9.67 Å². The van der Waals surface area contributed by atoms with Crippen molar-refractivity contribution in [3.63, 3.8) is 0 Å². The zero-order chi connectivity index (χ0) is 17.0. The van der Waals surface area contributed by atoms with Crippen LogP contribution in [0.1, 0.15) is 11.1 Å². The molecule has 2 heterocycles. The third kappa shape index (κ3) is 2.14. The van der Waals surface area contributed by atoms with Crippen LogP contribution in [0.3, 0.4) is 0 Å². The van der Waals surface area contributed by atoms with E-state index < -0.39 is 4.87 Å². The highest BCUT2D eigenvalue weighted by Crippen LogP contribution is 2.49. The number of nitrogens with one attached hydrogen (secondary N) is 2. The highest BCUT2D eigenvalue weighted by Gasteiger charge is 2.52. The third-order valence-corrected chi connectivity index (χ3v) is 6.31. The number of carbonyl (C=O) groups is 1. The molecule has 25 heavy (non-hydrogen) atoms. The van der Waals surface area contributed by atoms with Gasteiger partial charge in [0.1, 0.15) is 5.04 Å². The molecule has 0 aliphatic carbocycles. The molecule has 0 saturated heterocycles. The number of carbonyl (C=O) groups excluding carboxylic acids is 1. The summed E-state index contributed by atoms with van der Waals surface area (Å²) in [6.45, 7) is 0. The summed E-state index contributed by atoms with van der Waals surface area (Å²) >= 11 is 4.95. The first-order valence-corrected chi connectivity index (χ1v) is 9.42. The van der Waals surface area contributed by atoms with Gasteiger partial charge in [0, 0.05) is 21.3 Å². The molecule has 2 aliphatic rings. The van der Waals surface area contributed by atoms with E-state index in [9.17, 15) is 4.79 Å². The predicted octanol–water partition coefficient (Wildman–Crippen LogP) is 4.41. The maximum atomic E-state index is 12.7. The molecule has 3 aromatic carbocycles. The Kier molecular flexibility index (Phi) is 3.20. The maximum Gasteiger partial charge on any atom is 0.267 e. The lowest BCUT2D eigenvalue weighted by molar-refractivity contribution is -0.118. The van der Waals surface area contributed by atoms with Crippen molar-refractivity contribution in [1.29, 1.82) is 0 Å². The average molecular weight is 410 g/mol. The molecule has 1 atom stereocenters. The van der Waals surface area contributed by atoms with Gasteiger partial charge in [0.25, 0.3) is 5.91 Å². The van der Waals surface area contributed by atoms with Crippen LogP contribution in [0.25, 0.3) is 10.8 Å². The van der Waals surface area contributed by atoms with Crippen molar-refractivity contribution >= 4 is 55.1 Å². The molecule has 0 aromatic heterocycles. The molecule has 4 nitrogen and oxygen atoms in total. The number of nitrogens with zero attached hydrogens (tertiary/aromatic N) is 1. The lowest BCUT2D eigenvalue weighted by atomic mass is 10.1. The van der Waals surface area contributed by atoms with Crippen LogP contribution in [0, 0.1) is 0 Å². The van der Waals surface area contributed by atoms with Crippen molar-refractivity contribution in [3.8, 4) is 0 Å². The van der Waals surface area contributed by atoms with Crippen molar-refractivity contribution in [2.45, 2.75) is 4.87 Å². The largest absolute Gasteiger partial charge is 0.323 e. The van der Waals surface area contributed by atoms with Gasteiger partial charge in [0.05, 0.1) is 0 Å². The van der Waals surface area contributed by atoms with E-state index in [0.29, 0.717) is 0 Å². The topological polar surface area (TPSA) is 53.5 Å². The average Bonchev–Trinajstić information content (AvgIpc) is 3.19. The van der Waals surface area contributed by atoms with Crippen LogP contribution in [0.4, 0.5) is 5.69 Å². The number of amides is 1. The summed E-state index contributed by atoms with van der Waals surface area (Å²) < 4.78 is 0.933. The van der Waals surface area contributed by atoms with Gasteiger partial charge in [0.2, 0.25) is 4.87 Å². The zero-order valence-corrected chi connectivity index (χ0v) is 15.3. The van der Waals surface area contributed by atoms with Crippen LogP contribution in [0.2, 0.25) is 0 Å². The highest BCUT2D eigenvalue weighted by atomic mass is 79.9. The summed E-state index contributed by atoms with van der Waals surface area (Å²) in [6.07, 6.45) is 0. The Morgan fingerprint density at radius 3 is 2.80 bits per heavy atom. The molecule has 0 fully saturated rings. The Labute approximate surface area is 156 Å². The zero-order valence-electron chi connectivity index (χ0n) is 12.9. The number of thioether (sulfide) groups is 1. The SMILES string of the molecule is O=C1Nc2ccc(Br)cc2[C@]12NN=C(c1cccc3ccccc13)S2. The minimum Gasteiger partial charge on any atom is -0.323 e. The van der Waals surface area contributed by atoms with Gasteiger partial charge in [-0.2, -0.15) is 5.10 Å². The van der Waals surface area contributed by atoms with Crippen molar-refractivity contribution in [2.24, 2.45) is 5.10 Å². The van der Waals surface area contributed by atoms with Gasteiger partial charge in [-0.05, 0) is 29.0 Å². The third-order valence-electron chi connectivity index (χ3n) is 4.51. The van der Waals surface area contributed by atoms with Gasteiger partial charge in [0.15, 0.2) is 0 Å². The van der Waals surface area contributed by atoms with E-state index >= 15 is 0 Å². The molecule has 2 aliphatic heterocycles. The molecule has 0 unspecified atom stereocenters. The van der Waals surface area contributed by atoms with E-state index in [1.807, 2.05) is 42.5 Å². The van der Waals surface area contributed by atoms with Crippen LogP contribution in [0.15, 0.2) is 70.2 Å². The minimum absolute atomic E-state index is 0.0930. The lowest BCUT2D eigenvalue weighted by Crippen LogP contribution is -2.39. The number of fused-ring (bicyclic) bond motifs is 3. The molecular weight excluding hydrogens is 398 g/mol. The predicted molar refractivity (Wildman–Crippen MR) is 106 cm³/mol. The molecule has 1 spiro atoms. The van der Waals surface area contributed by atoms with Gasteiger partial charge >= 0.3 is 0 Å². The highest BCUT2D eigenvalue weighted by molar-refractivity contribution is 9.10. The number of hydrogen-bond donors (Lipinski definition) is 2. The Bertz CT molecular complexity index is 1080. The van der Waals surface area contributed by atoms with Crippen molar-refractivity contribution < 1.29 is 4.79 Å². The van der Waals surface area contributed by atoms with Crippen LogP contribution < -0.4 is 10.7 Å². The van der Waals surface area contributed by atoms with Gasteiger partial charge in [-0.3, -0.25) is 10.2 Å². The Morgan fingerprint density at radius 2 is 1.88 bits per heavy atom. The van der Waals surface area contributed by atoms with Gasteiger partial charge in [-0.25, -0.2) is 0 Å². The summed E-state index contributed by atoms with van der Waals surface area (Å²) in [5.74, 6) is -0.0930. The van der Waals surface area contributed by atoms with E-state index in [2.05, 4.69) is 50.0 Å². The molecule has 122 valence electrons. The van der Waals surface area contributed by atoms with E-state index in [1.165, 1.54) is 11.8 Å². The van der Waals surface area contributed by atoms with Gasteiger partial charge < -0.3 is 5.32 Å². The van der Waals surface area contributed by atoms with E-state index in [4.69, 9.17) is 0 Å². The number of hydrogen-bond acceptors (Lipinski definition) is 4. The quantitative estimate of drug-likeness (QED) is 0.625. The fourth-order valence-electron chi connectivity index (χ4n) is 3.31. The number of halogens is 1. The summed E-state index contributed by atoms with van der Waals surface area (Å²) in [6, 6.07) is 20.1. The fourth-order valence-corrected chi connectivity index (χ4v) is 4.85. The Hall–Kier alpha value is -2.31. The first-order valence-electron chi connectivity index (χ1n) is 7.81. The van der Waals surface area contributed by atoms with E-state index in [-0.39, 0.29) is 5.91 Å². The molecule has 3 aromatic rings. The first-order chi connectivity index (χ1) is 12.2. The van der Waals surface area contributed by atoms with Crippen molar-refractivity contribution in [2.75, 3.05) is 5.32 Å². The van der Waals surface area contributed by atoms with Gasteiger partial charge in [-0.1, -0.05) is 70.2 Å². The van der Waals surface area contributed by atoms with Crippen LogP contribution in [-0.4, -0.2) is 11.0 Å². The van der Waals surface area contributed by atoms with E-state index in [1.54, 1.807) is 0 Å². The molecule has 6 heteroatoms. The summed E-state index contributed by atoms with van der Waals surface area (Å²) in [7, 11) is 0. The monoisotopic (exact) mass is 409 g/mol. The normalized spacial score (nSPS) is 21.2. The molecule has 5 rings (SSSR count). The second-order valence-corrected chi connectivity index (χ2v) is 8.10. The Morgan fingerprint density at radius 1 is 1.04 bits per heavy atom. The summed E-state index contributed by atoms with van der Waals surface area (Å²) in [5.41, 5.74) is 5.85. The first kappa shape index (κ1) is 15.0. The smallest absolute Gasteiger partial charge is 0.267 e. The second kappa shape index (κ2) is 5.34. The minimum atomic E-state index is -0.911. The maximum absolute atomic E-state index is 12.7. The molecule has 0 radical (unpaired) electrons. The fraction of sp³-hybridized carbons (Fsp3) is 0.0526. The molecule has 1 amide bonds.